The van der Waals surface area contributed by atoms with Crippen LogP contribution in [0.25, 0.3) is 0 Å². The molecule has 17 heavy (non-hydrogen) atoms. The second-order valence-electron chi connectivity index (χ2n) is 5.42. The summed E-state index contributed by atoms with van der Waals surface area (Å²) in [5.74, 6) is 0.329. The van der Waals surface area contributed by atoms with Gasteiger partial charge in [-0.2, -0.15) is 0 Å². The van der Waals surface area contributed by atoms with E-state index in [0.29, 0.717) is 12.2 Å². The topological polar surface area (TPSA) is 20.3 Å². The average Bonchev–Trinajstić information content (AvgIpc) is 2.58. The van der Waals surface area contributed by atoms with E-state index in [1.807, 2.05) is 20.8 Å². The minimum absolute atomic E-state index is 0.216. The Morgan fingerprint density at radius 1 is 1.47 bits per heavy atom. The predicted octanol–water partition coefficient (Wildman–Crippen LogP) is 3.95. The maximum Gasteiger partial charge on any atom is 0.139 e. The SMILES string of the molecule is CN(CCC(=O)C(C)(C)C)Cc1csc(Br)c1. The molecule has 1 aromatic heterocycles. The minimum atomic E-state index is -0.216. The second-order valence-corrected chi connectivity index (χ2v) is 7.71. The molecule has 0 aromatic carbocycles. The molecule has 0 fully saturated rings. The van der Waals surface area contributed by atoms with Crippen LogP contribution in [0.15, 0.2) is 15.2 Å². The van der Waals surface area contributed by atoms with Crippen LogP contribution in [0.3, 0.4) is 0 Å². The van der Waals surface area contributed by atoms with Gasteiger partial charge in [0.15, 0.2) is 0 Å². The number of ketones is 1. The lowest BCUT2D eigenvalue weighted by atomic mass is 9.89. The number of halogens is 1. The quantitative estimate of drug-likeness (QED) is 0.819. The Hall–Kier alpha value is -0.190. The van der Waals surface area contributed by atoms with E-state index >= 15 is 0 Å². The summed E-state index contributed by atoms with van der Waals surface area (Å²) in [5, 5.41) is 2.15. The van der Waals surface area contributed by atoms with Crippen LogP contribution in [0.2, 0.25) is 0 Å². The number of Topliss-reactive ketones (excluding diaryl/α,β-unsaturated/α-hetero) is 1. The molecular formula is C13H20BrNOS. The highest BCUT2D eigenvalue weighted by atomic mass is 79.9. The molecule has 96 valence electrons. The van der Waals surface area contributed by atoms with E-state index in [0.717, 1.165) is 16.9 Å². The van der Waals surface area contributed by atoms with Crippen molar-refractivity contribution >= 4 is 33.0 Å². The van der Waals surface area contributed by atoms with E-state index in [1.165, 1.54) is 5.56 Å². The first-order chi connectivity index (χ1) is 7.79. The van der Waals surface area contributed by atoms with Crippen LogP contribution in [0, 0.1) is 5.41 Å². The standard InChI is InChI=1S/C13H20BrNOS/c1-13(2,3)11(16)5-6-15(4)8-10-7-12(14)17-9-10/h7,9H,5-6,8H2,1-4H3. The molecule has 0 aliphatic carbocycles. The number of carbonyl (C=O) groups is 1. The monoisotopic (exact) mass is 317 g/mol. The molecule has 0 saturated heterocycles. The second kappa shape index (κ2) is 6.12. The van der Waals surface area contributed by atoms with E-state index in [-0.39, 0.29) is 5.41 Å². The van der Waals surface area contributed by atoms with Crippen LogP contribution in [0.4, 0.5) is 0 Å². The number of carbonyl (C=O) groups excluding carboxylic acids is 1. The first-order valence-corrected chi connectivity index (χ1v) is 7.41. The number of thiophene rings is 1. The van der Waals surface area contributed by atoms with Gasteiger partial charge in [-0.1, -0.05) is 20.8 Å². The first-order valence-electron chi connectivity index (χ1n) is 5.74. The molecule has 2 nitrogen and oxygen atoms in total. The van der Waals surface area contributed by atoms with E-state index in [1.54, 1.807) is 11.3 Å². The van der Waals surface area contributed by atoms with Crippen LogP contribution < -0.4 is 0 Å². The molecule has 0 aliphatic heterocycles. The summed E-state index contributed by atoms with van der Waals surface area (Å²) in [5.41, 5.74) is 1.08. The number of nitrogens with zero attached hydrogens (tertiary/aromatic N) is 1. The van der Waals surface area contributed by atoms with Crippen molar-refractivity contribution in [3.63, 3.8) is 0 Å². The number of rotatable bonds is 5. The molecule has 0 atom stereocenters. The van der Waals surface area contributed by atoms with E-state index in [4.69, 9.17) is 0 Å². The van der Waals surface area contributed by atoms with E-state index < -0.39 is 0 Å². The maximum atomic E-state index is 11.8. The van der Waals surface area contributed by atoms with Crippen LogP contribution in [0.5, 0.6) is 0 Å². The van der Waals surface area contributed by atoms with Gasteiger partial charge in [0.1, 0.15) is 5.78 Å². The van der Waals surface area contributed by atoms with Gasteiger partial charge in [0.2, 0.25) is 0 Å². The summed E-state index contributed by atoms with van der Waals surface area (Å²) in [6, 6.07) is 2.13. The summed E-state index contributed by atoms with van der Waals surface area (Å²) in [7, 11) is 2.06. The van der Waals surface area contributed by atoms with Crippen molar-refractivity contribution in [1.29, 1.82) is 0 Å². The van der Waals surface area contributed by atoms with Gasteiger partial charge in [-0.15, -0.1) is 11.3 Å². The zero-order chi connectivity index (χ0) is 13.1. The summed E-state index contributed by atoms with van der Waals surface area (Å²) in [6.45, 7) is 7.66. The maximum absolute atomic E-state index is 11.8. The molecule has 1 heterocycles. The highest BCUT2D eigenvalue weighted by molar-refractivity contribution is 9.11. The Bertz CT molecular complexity index is 381. The van der Waals surface area contributed by atoms with Crippen molar-refractivity contribution in [2.45, 2.75) is 33.7 Å². The molecule has 0 radical (unpaired) electrons. The molecule has 1 rings (SSSR count). The summed E-state index contributed by atoms with van der Waals surface area (Å²) in [4.78, 5) is 14.0. The molecule has 0 aliphatic rings. The van der Waals surface area contributed by atoms with Crippen molar-refractivity contribution in [3.8, 4) is 0 Å². The fourth-order valence-electron chi connectivity index (χ4n) is 1.49. The highest BCUT2D eigenvalue weighted by Gasteiger charge is 2.20. The van der Waals surface area contributed by atoms with Gasteiger partial charge in [-0.25, -0.2) is 0 Å². The Morgan fingerprint density at radius 2 is 2.12 bits per heavy atom. The fraction of sp³-hybridized carbons (Fsp3) is 0.615. The van der Waals surface area contributed by atoms with E-state index in [9.17, 15) is 4.79 Å². The van der Waals surface area contributed by atoms with Crippen molar-refractivity contribution in [2.75, 3.05) is 13.6 Å². The van der Waals surface area contributed by atoms with Crippen LogP contribution in [0.1, 0.15) is 32.8 Å². The Balaban J connectivity index is 2.36. The van der Waals surface area contributed by atoms with Crippen molar-refractivity contribution in [3.05, 3.63) is 20.8 Å². The largest absolute Gasteiger partial charge is 0.302 e. The lowest BCUT2D eigenvalue weighted by Crippen LogP contribution is -2.26. The summed E-state index contributed by atoms with van der Waals surface area (Å²) >= 11 is 5.15. The van der Waals surface area contributed by atoms with Crippen LogP contribution in [-0.2, 0) is 11.3 Å². The fourth-order valence-corrected chi connectivity index (χ4v) is 2.69. The minimum Gasteiger partial charge on any atom is -0.302 e. The summed E-state index contributed by atoms with van der Waals surface area (Å²) in [6.07, 6.45) is 0.630. The average molecular weight is 318 g/mol. The molecule has 0 N–H and O–H groups in total. The van der Waals surface area contributed by atoms with E-state index in [2.05, 4.69) is 39.3 Å². The van der Waals surface area contributed by atoms with Gasteiger partial charge < -0.3 is 4.90 Å². The number of hydrogen-bond acceptors (Lipinski definition) is 3. The van der Waals surface area contributed by atoms with Crippen molar-refractivity contribution < 1.29 is 4.79 Å². The molecule has 0 bridgehead atoms. The first kappa shape index (κ1) is 14.9. The number of hydrogen-bond donors (Lipinski definition) is 0. The molecular weight excluding hydrogens is 298 g/mol. The molecule has 0 spiro atoms. The Kier molecular flexibility index (Phi) is 5.35. The van der Waals surface area contributed by atoms with Crippen LogP contribution >= 0.6 is 27.3 Å². The third-order valence-electron chi connectivity index (χ3n) is 2.63. The van der Waals surface area contributed by atoms with Gasteiger partial charge in [0.05, 0.1) is 3.79 Å². The van der Waals surface area contributed by atoms with Crippen molar-refractivity contribution in [2.24, 2.45) is 5.41 Å². The van der Waals surface area contributed by atoms with Gasteiger partial charge in [-0.3, -0.25) is 4.79 Å². The Labute approximate surface area is 116 Å². The molecule has 4 heteroatoms. The predicted molar refractivity (Wildman–Crippen MR) is 77.4 cm³/mol. The zero-order valence-electron chi connectivity index (χ0n) is 10.9. The van der Waals surface area contributed by atoms with Gasteiger partial charge >= 0.3 is 0 Å². The molecule has 1 aromatic rings. The molecule has 0 unspecified atom stereocenters. The lowest BCUT2D eigenvalue weighted by molar-refractivity contribution is -0.126. The highest BCUT2D eigenvalue weighted by Crippen LogP contribution is 2.22. The zero-order valence-corrected chi connectivity index (χ0v) is 13.3. The van der Waals surface area contributed by atoms with Crippen LogP contribution in [-0.4, -0.2) is 24.3 Å². The van der Waals surface area contributed by atoms with Gasteiger partial charge in [-0.05, 0) is 40.0 Å². The van der Waals surface area contributed by atoms with Crippen molar-refractivity contribution in [1.82, 2.24) is 4.90 Å². The smallest absolute Gasteiger partial charge is 0.139 e. The lowest BCUT2D eigenvalue weighted by Gasteiger charge is -2.20. The summed E-state index contributed by atoms with van der Waals surface area (Å²) < 4.78 is 1.16. The molecule has 0 saturated carbocycles. The van der Waals surface area contributed by atoms with Gasteiger partial charge in [0, 0.05) is 24.9 Å². The Morgan fingerprint density at radius 3 is 2.59 bits per heavy atom. The third kappa shape index (κ3) is 5.32. The third-order valence-corrected chi connectivity index (χ3v) is 4.18. The van der Waals surface area contributed by atoms with Gasteiger partial charge in [0.25, 0.3) is 0 Å². The molecule has 0 amide bonds. The normalized spacial score (nSPS) is 12.1.